The summed E-state index contributed by atoms with van der Waals surface area (Å²) in [4.78, 5) is 33.9. The average Bonchev–Trinajstić information content (AvgIpc) is 3.18. The molecule has 0 bridgehead atoms. The molecule has 144 valence electrons. The van der Waals surface area contributed by atoms with Crippen LogP contribution in [-0.2, 0) is 16.1 Å². The van der Waals surface area contributed by atoms with Gasteiger partial charge in [0.05, 0.1) is 23.3 Å². The molecule has 1 aromatic heterocycles. The van der Waals surface area contributed by atoms with Crippen molar-refractivity contribution in [2.45, 2.75) is 32.4 Å². The van der Waals surface area contributed by atoms with Gasteiger partial charge in [0.1, 0.15) is 6.54 Å². The number of carbonyl (C=O) groups excluding carboxylic acids is 1. The van der Waals surface area contributed by atoms with E-state index in [1.807, 2.05) is 24.0 Å². The second-order valence-corrected chi connectivity index (χ2v) is 7.47. The summed E-state index contributed by atoms with van der Waals surface area (Å²) in [6, 6.07) is 5.54. The summed E-state index contributed by atoms with van der Waals surface area (Å²) in [5.74, 6) is -0.0253. The molecule has 0 saturated carbocycles. The van der Waals surface area contributed by atoms with E-state index < -0.39 is 0 Å². The number of aryl methyl sites for hydroxylation is 1. The van der Waals surface area contributed by atoms with Crippen LogP contribution in [0.1, 0.15) is 18.4 Å². The molecule has 4 rings (SSSR count). The lowest BCUT2D eigenvalue weighted by Gasteiger charge is -2.35. The highest BCUT2D eigenvalue weighted by Gasteiger charge is 2.25. The Morgan fingerprint density at radius 1 is 1.26 bits per heavy atom. The zero-order valence-corrected chi connectivity index (χ0v) is 15.8. The highest BCUT2D eigenvalue weighted by molar-refractivity contribution is 5.81. The molecule has 1 unspecified atom stereocenters. The molecule has 2 aliphatic rings. The van der Waals surface area contributed by atoms with E-state index >= 15 is 0 Å². The van der Waals surface area contributed by atoms with Gasteiger partial charge in [0.2, 0.25) is 5.91 Å². The predicted octanol–water partition coefficient (Wildman–Crippen LogP) is 1.03. The fourth-order valence-electron chi connectivity index (χ4n) is 3.95. The van der Waals surface area contributed by atoms with Crippen LogP contribution in [-0.4, -0.2) is 70.7 Å². The number of nitrogens with zero attached hydrogens (tertiary/aromatic N) is 4. The van der Waals surface area contributed by atoms with Crippen molar-refractivity contribution in [3.8, 4) is 0 Å². The number of ether oxygens (including phenoxy) is 1. The largest absolute Gasteiger partial charge is 0.377 e. The van der Waals surface area contributed by atoms with E-state index in [0.717, 1.165) is 44.6 Å². The Kier molecular flexibility index (Phi) is 5.22. The van der Waals surface area contributed by atoms with Crippen LogP contribution >= 0.6 is 0 Å². The second-order valence-electron chi connectivity index (χ2n) is 7.47. The number of hydrogen-bond donors (Lipinski definition) is 0. The van der Waals surface area contributed by atoms with E-state index in [1.54, 1.807) is 6.07 Å². The molecule has 0 spiro atoms. The van der Waals surface area contributed by atoms with E-state index in [9.17, 15) is 9.59 Å². The molecule has 2 saturated heterocycles. The van der Waals surface area contributed by atoms with Gasteiger partial charge in [0, 0.05) is 39.3 Å². The molecule has 7 heteroatoms. The van der Waals surface area contributed by atoms with Crippen LogP contribution in [0.4, 0.5) is 0 Å². The van der Waals surface area contributed by atoms with Crippen molar-refractivity contribution in [2.24, 2.45) is 0 Å². The Balaban J connectivity index is 1.38. The zero-order chi connectivity index (χ0) is 18.8. The topological polar surface area (TPSA) is 67.7 Å². The number of amides is 1. The molecule has 2 aromatic rings. The molecular weight excluding hydrogens is 344 g/mol. The van der Waals surface area contributed by atoms with E-state index in [4.69, 9.17) is 4.74 Å². The first kappa shape index (κ1) is 18.1. The van der Waals surface area contributed by atoms with Crippen LogP contribution in [0.3, 0.4) is 0 Å². The third-order valence-electron chi connectivity index (χ3n) is 5.57. The van der Waals surface area contributed by atoms with Crippen molar-refractivity contribution < 1.29 is 9.53 Å². The summed E-state index contributed by atoms with van der Waals surface area (Å²) in [5.41, 5.74) is 1.51. The van der Waals surface area contributed by atoms with E-state index in [0.29, 0.717) is 30.1 Å². The number of rotatable bonds is 4. The summed E-state index contributed by atoms with van der Waals surface area (Å²) in [6.07, 6.45) is 4.12. The van der Waals surface area contributed by atoms with Gasteiger partial charge in [0.25, 0.3) is 5.56 Å². The van der Waals surface area contributed by atoms with Crippen LogP contribution in [0.25, 0.3) is 10.9 Å². The number of hydrogen-bond acceptors (Lipinski definition) is 5. The van der Waals surface area contributed by atoms with Crippen molar-refractivity contribution in [3.05, 3.63) is 40.4 Å². The number of piperazine rings is 1. The molecule has 0 aliphatic carbocycles. The van der Waals surface area contributed by atoms with Crippen molar-refractivity contribution >= 4 is 16.8 Å². The molecule has 0 N–H and O–H groups in total. The highest BCUT2D eigenvalue weighted by atomic mass is 16.5. The summed E-state index contributed by atoms with van der Waals surface area (Å²) < 4.78 is 7.12. The van der Waals surface area contributed by atoms with E-state index in [-0.39, 0.29) is 18.0 Å². The maximum atomic E-state index is 12.7. The van der Waals surface area contributed by atoms with Crippen LogP contribution < -0.4 is 5.56 Å². The molecule has 1 amide bonds. The first-order valence-electron chi connectivity index (χ1n) is 9.68. The first-order valence-corrected chi connectivity index (χ1v) is 9.68. The Hall–Kier alpha value is -2.25. The lowest BCUT2D eigenvalue weighted by atomic mass is 10.1. The number of benzene rings is 1. The number of carbonyl (C=O) groups is 1. The van der Waals surface area contributed by atoms with Gasteiger partial charge in [-0.3, -0.25) is 19.1 Å². The zero-order valence-electron chi connectivity index (χ0n) is 15.8. The van der Waals surface area contributed by atoms with Crippen LogP contribution in [0.5, 0.6) is 0 Å². The smallest absolute Gasteiger partial charge is 0.261 e. The predicted molar refractivity (Wildman–Crippen MR) is 103 cm³/mol. The Labute approximate surface area is 158 Å². The SMILES string of the molecule is Cc1cccc2c(=O)n(CC(=O)N3CCN(CC4CCCO4)CC3)cnc12. The Morgan fingerprint density at radius 2 is 2.07 bits per heavy atom. The van der Waals surface area contributed by atoms with Gasteiger partial charge in [0.15, 0.2) is 0 Å². The molecular formula is C20H26N4O3. The van der Waals surface area contributed by atoms with Crippen molar-refractivity contribution in [1.82, 2.24) is 19.4 Å². The summed E-state index contributed by atoms with van der Waals surface area (Å²) in [5, 5.41) is 0.562. The molecule has 1 atom stereocenters. The van der Waals surface area contributed by atoms with Gasteiger partial charge < -0.3 is 9.64 Å². The fraction of sp³-hybridized carbons (Fsp3) is 0.550. The van der Waals surface area contributed by atoms with Gasteiger partial charge in [-0.15, -0.1) is 0 Å². The molecule has 2 fully saturated rings. The van der Waals surface area contributed by atoms with E-state index in [1.165, 1.54) is 10.9 Å². The van der Waals surface area contributed by atoms with E-state index in [2.05, 4.69) is 9.88 Å². The van der Waals surface area contributed by atoms with Gasteiger partial charge in [-0.2, -0.15) is 0 Å². The van der Waals surface area contributed by atoms with Crippen molar-refractivity contribution in [2.75, 3.05) is 39.3 Å². The standard InChI is InChI=1S/C20H26N4O3/c1-15-4-2-6-17-19(15)21-14-24(20(17)26)13-18(25)23-9-7-22(8-10-23)12-16-5-3-11-27-16/h2,4,6,14,16H,3,5,7-13H2,1H3. The van der Waals surface area contributed by atoms with Crippen molar-refractivity contribution in [1.29, 1.82) is 0 Å². The number of fused-ring (bicyclic) bond motifs is 1. The maximum absolute atomic E-state index is 12.7. The quantitative estimate of drug-likeness (QED) is 0.804. The monoisotopic (exact) mass is 370 g/mol. The van der Waals surface area contributed by atoms with Crippen molar-refractivity contribution in [3.63, 3.8) is 0 Å². The third kappa shape index (κ3) is 3.89. The molecule has 3 heterocycles. The van der Waals surface area contributed by atoms with Gasteiger partial charge in [-0.1, -0.05) is 12.1 Å². The minimum absolute atomic E-state index is 0.0253. The molecule has 27 heavy (non-hydrogen) atoms. The third-order valence-corrected chi connectivity index (χ3v) is 5.57. The second kappa shape index (κ2) is 7.78. The van der Waals surface area contributed by atoms with Gasteiger partial charge >= 0.3 is 0 Å². The lowest BCUT2D eigenvalue weighted by Crippen LogP contribution is -2.51. The Bertz CT molecular complexity index is 880. The summed E-state index contributed by atoms with van der Waals surface area (Å²) in [7, 11) is 0. The molecule has 2 aliphatic heterocycles. The van der Waals surface area contributed by atoms with Gasteiger partial charge in [-0.05, 0) is 31.4 Å². The lowest BCUT2D eigenvalue weighted by molar-refractivity contribution is -0.133. The van der Waals surface area contributed by atoms with Crippen LogP contribution in [0.15, 0.2) is 29.3 Å². The summed E-state index contributed by atoms with van der Waals surface area (Å²) >= 11 is 0. The molecule has 7 nitrogen and oxygen atoms in total. The van der Waals surface area contributed by atoms with Crippen LogP contribution in [0.2, 0.25) is 0 Å². The first-order chi connectivity index (χ1) is 13.1. The fourth-order valence-corrected chi connectivity index (χ4v) is 3.95. The highest BCUT2D eigenvalue weighted by Crippen LogP contribution is 2.15. The minimum atomic E-state index is -0.158. The molecule has 1 aromatic carbocycles. The average molecular weight is 370 g/mol. The van der Waals surface area contributed by atoms with Gasteiger partial charge in [-0.25, -0.2) is 4.98 Å². The number of aromatic nitrogens is 2. The maximum Gasteiger partial charge on any atom is 0.261 e. The Morgan fingerprint density at radius 3 is 2.81 bits per heavy atom. The number of para-hydroxylation sites is 1. The molecule has 0 radical (unpaired) electrons. The summed E-state index contributed by atoms with van der Waals surface area (Å²) in [6.45, 7) is 6.90. The minimum Gasteiger partial charge on any atom is -0.377 e. The normalized spacial score (nSPS) is 21.1. The van der Waals surface area contributed by atoms with Crippen LogP contribution in [0, 0.1) is 6.92 Å².